The second-order valence-corrected chi connectivity index (χ2v) is 5.67. The van der Waals surface area contributed by atoms with E-state index in [0.717, 1.165) is 35.5 Å². The van der Waals surface area contributed by atoms with E-state index in [2.05, 4.69) is 38.0 Å². The van der Waals surface area contributed by atoms with Crippen LogP contribution in [-0.2, 0) is 11.2 Å². The molecule has 1 rings (SSSR count). The van der Waals surface area contributed by atoms with Crippen molar-refractivity contribution in [1.29, 1.82) is 0 Å². The van der Waals surface area contributed by atoms with Crippen molar-refractivity contribution >= 4 is 0 Å². The van der Waals surface area contributed by atoms with Gasteiger partial charge in [0, 0.05) is 42.6 Å². The van der Waals surface area contributed by atoms with Crippen molar-refractivity contribution in [2.45, 2.75) is 52.7 Å². The number of nitrogens with one attached hydrogen (secondary N) is 1. The zero-order valence-electron chi connectivity index (χ0n) is 13.8. The number of likely N-dealkylation sites (N-methyl/N-ethyl adjacent to an activating group) is 1. The first-order valence-electron chi connectivity index (χ1n) is 7.15. The van der Waals surface area contributed by atoms with E-state index in [1.165, 1.54) is 0 Å². The molecule has 0 radical (unpaired) electrons. The molecule has 0 aliphatic heterocycles. The molecular weight excluding hydrogens is 252 g/mol. The standard InChI is InChI=1S/C16H28N2O2/c1-8-17-14(16(4,5)20-7)9-13-12(3)15(19-6)11(2)10-18-13/h10,14,17H,8-9H2,1-7H3. The molecule has 0 fully saturated rings. The number of aryl methyl sites for hydroxylation is 1. The Morgan fingerprint density at radius 1 is 1.30 bits per heavy atom. The first kappa shape index (κ1) is 16.9. The number of ether oxygens (including phenoxy) is 2. The van der Waals surface area contributed by atoms with Gasteiger partial charge < -0.3 is 14.8 Å². The Balaban J connectivity index is 3.06. The van der Waals surface area contributed by atoms with Crippen LogP contribution in [0.15, 0.2) is 6.20 Å². The Labute approximate surface area is 122 Å². The fraction of sp³-hybridized carbons (Fsp3) is 0.688. The molecule has 1 aromatic heterocycles. The lowest BCUT2D eigenvalue weighted by molar-refractivity contribution is -0.00989. The zero-order chi connectivity index (χ0) is 15.3. The molecule has 0 aliphatic rings. The third-order valence-electron chi connectivity index (χ3n) is 3.96. The van der Waals surface area contributed by atoms with Crippen molar-refractivity contribution in [3.05, 3.63) is 23.0 Å². The summed E-state index contributed by atoms with van der Waals surface area (Å²) >= 11 is 0. The molecule has 0 spiro atoms. The van der Waals surface area contributed by atoms with Crippen molar-refractivity contribution in [2.75, 3.05) is 20.8 Å². The third kappa shape index (κ3) is 3.70. The average molecular weight is 280 g/mol. The van der Waals surface area contributed by atoms with Crippen LogP contribution in [0.4, 0.5) is 0 Å². The molecule has 0 bridgehead atoms. The minimum absolute atomic E-state index is 0.205. The van der Waals surface area contributed by atoms with Crippen LogP contribution in [0.2, 0.25) is 0 Å². The molecule has 4 nitrogen and oxygen atoms in total. The van der Waals surface area contributed by atoms with Crippen LogP contribution in [0.1, 0.15) is 37.6 Å². The highest BCUT2D eigenvalue weighted by Crippen LogP contribution is 2.26. The highest BCUT2D eigenvalue weighted by Gasteiger charge is 2.29. The van der Waals surface area contributed by atoms with Gasteiger partial charge in [-0.15, -0.1) is 0 Å². The summed E-state index contributed by atoms with van der Waals surface area (Å²) in [6.07, 6.45) is 2.70. The van der Waals surface area contributed by atoms with Crippen molar-refractivity contribution in [1.82, 2.24) is 10.3 Å². The largest absolute Gasteiger partial charge is 0.496 e. The van der Waals surface area contributed by atoms with E-state index in [1.807, 2.05) is 13.1 Å². The molecule has 20 heavy (non-hydrogen) atoms. The summed E-state index contributed by atoms with van der Waals surface area (Å²) in [5.41, 5.74) is 2.99. The molecule has 0 saturated heterocycles. The van der Waals surface area contributed by atoms with E-state index >= 15 is 0 Å². The van der Waals surface area contributed by atoms with Crippen LogP contribution in [0.25, 0.3) is 0 Å². The second-order valence-electron chi connectivity index (χ2n) is 5.67. The van der Waals surface area contributed by atoms with Gasteiger partial charge in [-0.2, -0.15) is 0 Å². The minimum Gasteiger partial charge on any atom is -0.496 e. The highest BCUT2D eigenvalue weighted by molar-refractivity contribution is 5.41. The smallest absolute Gasteiger partial charge is 0.128 e. The van der Waals surface area contributed by atoms with E-state index in [-0.39, 0.29) is 11.6 Å². The van der Waals surface area contributed by atoms with Crippen molar-refractivity contribution in [2.24, 2.45) is 0 Å². The Kier molecular flexibility index (Phi) is 5.96. The summed E-state index contributed by atoms with van der Waals surface area (Å²) in [5, 5.41) is 3.50. The Hall–Kier alpha value is -1.13. The van der Waals surface area contributed by atoms with Crippen molar-refractivity contribution < 1.29 is 9.47 Å². The molecular formula is C16H28N2O2. The topological polar surface area (TPSA) is 43.4 Å². The van der Waals surface area contributed by atoms with Gasteiger partial charge in [-0.05, 0) is 34.2 Å². The molecule has 0 aromatic carbocycles. The average Bonchev–Trinajstić information content (AvgIpc) is 2.41. The van der Waals surface area contributed by atoms with Crippen molar-refractivity contribution in [3.8, 4) is 5.75 Å². The second kappa shape index (κ2) is 7.04. The summed E-state index contributed by atoms with van der Waals surface area (Å²) in [5.74, 6) is 0.931. The van der Waals surface area contributed by atoms with Gasteiger partial charge in [-0.25, -0.2) is 0 Å². The number of methoxy groups -OCH3 is 2. The van der Waals surface area contributed by atoms with E-state index < -0.39 is 0 Å². The fourth-order valence-corrected chi connectivity index (χ4v) is 2.42. The molecule has 0 amide bonds. The van der Waals surface area contributed by atoms with Gasteiger partial charge in [-0.1, -0.05) is 6.92 Å². The lowest BCUT2D eigenvalue weighted by Gasteiger charge is -2.34. The van der Waals surface area contributed by atoms with Crippen molar-refractivity contribution in [3.63, 3.8) is 0 Å². The molecule has 1 aromatic rings. The van der Waals surface area contributed by atoms with E-state index in [1.54, 1.807) is 14.2 Å². The lowest BCUT2D eigenvalue weighted by atomic mass is 9.92. The van der Waals surface area contributed by atoms with Gasteiger partial charge in [0.05, 0.1) is 12.7 Å². The third-order valence-corrected chi connectivity index (χ3v) is 3.96. The number of hydrogen-bond acceptors (Lipinski definition) is 4. The number of nitrogens with zero attached hydrogens (tertiary/aromatic N) is 1. The van der Waals surface area contributed by atoms with Gasteiger partial charge in [0.15, 0.2) is 0 Å². The van der Waals surface area contributed by atoms with E-state index in [9.17, 15) is 0 Å². The van der Waals surface area contributed by atoms with Gasteiger partial charge >= 0.3 is 0 Å². The predicted molar refractivity (Wildman–Crippen MR) is 82.5 cm³/mol. The molecule has 0 saturated carbocycles. The summed E-state index contributed by atoms with van der Waals surface area (Å²) in [7, 11) is 3.46. The molecule has 1 unspecified atom stereocenters. The first-order chi connectivity index (χ1) is 9.37. The number of rotatable bonds is 7. The van der Waals surface area contributed by atoms with Crippen LogP contribution in [0.5, 0.6) is 5.75 Å². The Bertz CT molecular complexity index is 444. The maximum Gasteiger partial charge on any atom is 0.128 e. The van der Waals surface area contributed by atoms with Crippen LogP contribution in [-0.4, -0.2) is 37.4 Å². The lowest BCUT2D eigenvalue weighted by Crippen LogP contribution is -2.49. The molecule has 4 heteroatoms. The highest BCUT2D eigenvalue weighted by atomic mass is 16.5. The maximum absolute atomic E-state index is 5.62. The van der Waals surface area contributed by atoms with Gasteiger partial charge in [0.1, 0.15) is 5.75 Å². The molecule has 1 heterocycles. The maximum atomic E-state index is 5.62. The molecule has 114 valence electrons. The van der Waals surface area contributed by atoms with E-state index in [0.29, 0.717) is 0 Å². The molecule has 1 atom stereocenters. The summed E-state index contributed by atoms with van der Waals surface area (Å²) in [4.78, 5) is 4.58. The number of pyridine rings is 1. The number of aromatic nitrogens is 1. The van der Waals surface area contributed by atoms with Crippen LogP contribution in [0.3, 0.4) is 0 Å². The fourth-order valence-electron chi connectivity index (χ4n) is 2.42. The van der Waals surface area contributed by atoms with Gasteiger partial charge in [0.25, 0.3) is 0 Å². The molecule has 1 N–H and O–H groups in total. The molecule has 0 aliphatic carbocycles. The summed E-state index contributed by atoms with van der Waals surface area (Å²) in [6.45, 7) is 11.3. The monoisotopic (exact) mass is 280 g/mol. The van der Waals surface area contributed by atoms with Crippen LogP contribution < -0.4 is 10.1 Å². The zero-order valence-corrected chi connectivity index (χ0v) is 13.8. The Morgan fingerprint density at radius 2 is 1.95 bits per heavy atom. The Morgan fingerprint density at radius 3 is 2.45 bits per heavy atom. The predicted octanol–water partition coefficient (Wildman–Crippen LogP) is 2.65. The van der Waals surface area contributed by atoms with Gasteiger partial charge in [0.2, 0.25) is 0 Å². The van der Waals surface area contributed by atoms with Crippen LogP contribution in [0, 0.1) is 13.8 Å². The minimum atomic E-state index is -0.248. The number of hydrogen-bond donors (Lipinski definition) is 1. The SMILES string of the molecule is CCNC(Cc1ncc(C)c(OC)c1C)C(C)(C)OC. The normalized spacial score (nSPS) is 13.3. The first-order valence-corrected chi connectivity index (χ1v) is 7.15. The van der Waals surface area contributed by atoms with Crippen LogP contribution >= 0.6 is 0 Å². The summed E-state index contributed by atoms with van der Waals surface area (Å²) < 4.78 is 11.1. The quantitative estimate of drug-likeness (QED) is 0.834. The van der Waals surface area contributed by atoms with E-state index in [4.69, 9.17) is 9.47 Å². The van der Waals surface area contributed by atoms with Gasteiger partial charge in [-0.3, -0.25) is 4.98 Å². The summed E-state index contributed by atoms with van der Waals surface area (Å²) in [6, 6.07) is 0.205.